The molecule has 0 saturated heterocycles. The summed E-state index contributed by atoms with van der Waals surface area (Å²) in [4.78, 5) is 22.5. The van der Waals surface area contributed by atoms with E-state index in [0.717, 1.165) is 31.5 Å². The zero-order valence-electron chi connectivity index (χ0n) is 12.6. The molecule has 0 radical (unpaired) electrons. The molecule has 0 spiro atoms. The van der Waals surface area contributed by atoms with E-state index in [1.54, 1.807) is 17.3 Å². The number of aliphatic hydroxyl groups is 1. The highest BCUT2D eigenvalue weighted by atomic mass is 16.3. The average molecular weight is 292 g/mol. The van der Waals surface area contributed by atoms with Crippen LogP contribution in [-0.4, -0.2) is 45.7 Å². The fourth-order valence-corrected chi connectivity index (χ4v) is 2.08. The highest BCUT2D eigenvalue weighted by Gasteiger charge is 2.26. The summed E-state index contributed by atoms with van der Waals surface area (Å²) >= 11 is 0. The molecule has 21 heavy (non-hydrogen) atoms. The summed E-state index contributed by atoms with van der Waals surface area (Å²) in [6.07, 6.45) is 8.24. The van der Waals surface area contributed by atoms with Gasteiger partial charge in [-0.2, -0.15) is 0 Å². The van der Waals surface area contributed by atoms with Gasteiger partial charge in [0.1, 0.15) is 5.82 Å². The van der Waals surface area contributed by atoms with Crippen LogP contribution in [0.1, 0.15) is 50.8 Å². The highest BCUT2D eigenvalue weighted by molar-refractivity contribution is 5.88. The number of hydrogen-bond acceptors (Lipinski definition) is 4. The Labute approximate surface area is 125 Å². The number of nitrogens with zero attached hydrogens (tertiary/aromatic N) is 3. The van der Waals surface area contributed by atoms with E-state index < -0.39 is 0 Å². The lowest BCUT2D eigenvalue weighted by atomic mass is 10.3. The summed E-state index contributed by atoms with van der Waals surface area (Å²) in [5.74, 6) is 1.39. The minimum atomic E-state index is -0.153. The molecule has 1 aromatic heterocycles. The number of carbonyl (C=O) groups is 1. The molecule has 116 valence electrons. The summed E-state index contributed by atoms with van der Waals surface area (Å²) in [6.45, 7) is 3.44. The Kier molecular flexibility index (Phi) is 5.92. The van der Waals surface area contributed by atoms with Gasteiger partial charge in [-0.05, 0) is 25.7 Å². The molecule has 2 N–H and O–H groups in total. The van der Waals surface area contributed by atoms with Crippen LogP contribution in [0.15, 0.2) is 12.4 Å². The molecule has 1 aliphatic rings. The van der Waals surface area contributed by atoms with E-state index in [1.807, 2.05) is 0 Å². The van der Waals surface area contributed by atoms with E-state index >= 15 is 0 Å². The van der Waals surface area contributed by atoms with Crippen molar-refractivity contribution in [3.05, 3.63) is 18.2 Å². The Morgan fingerprint density at radius 3 is 2.57 bits per heavy atom. The maximum absolute atomic E-state index is 12.2. The molecule has 0 atom stereocenters. The quantitative estimate of drug-likeness (QED) is 0.771. The number of unbranched alkanes of at least 4 members (excludes halogenated alkanes) is 1. The second-order valence-corrected chi connectivity index (χ2v) is 5.45. The van der Waals surface area contributed by atoms with Crippen molar-refractivity contribution in [3.63, 3.8) is 0 Å². The standard InChI is InChI=1S/C15H24N4O2/c1-2-3-7-19(8-4-9-20)15(21)18-13-10-16-14(17-11-13)12-5-6-12/h10-12,20H,2-9H2,1H3,(H,18,21). The van der Waals surface area contributed by atoms with Crippen molar-refractivity contribution in [2.45, 2.75) is 44.9 Å². The van der Waals surface area contributed by atoms with Gasteiger partial charge in [-0.15, -0.1) is 0 Å². The summed E-state index contributed by atoms with van der Waals surface area (Å²) in [5.41, 5.74) is 0.620. The first-order valence-electron chi connectivity index (χ1n) is 7.73. The number of aromatic nitrogens is 2. The Hall–Kier alpha value is -1.69. The molecule has 6 heteroatoms. The van der Waals surface area contributed by atoms with E-state index in [4.69, 9.17) is 5.11 Å². The van der Waals surface area contributed by atoms with Gasteiger partial charge in [0.15, 0.2) is 0 Å². The third-order valence-electron chi connectivity index (χ3n) is 3.52. The molecule has 1 aromatic rings. The molecule has 1 fully saturated rings. The van der Waals surface area contributed by atoms with Gasteiger partial charge in [-0.1, -0.05) is 13.3 Å². The largest absolute Gasteiger partial charge is 0.396 e. The van der Waals surface area contributed by atoms with Crippen molar-refractivity contribution in [2.75, 3.05) is 25.0 Å². The number of urea groups is 1. The van der Waals surface area contributed by atoms with Crippen LogP contribution in [0.4, 0.5) is 10.5 Å². The maximum atomic E-state index is 12.2. The molecule has 1 aliphatic carbocycles. The lowest BCUT2D eigenvalue weighted by Crippen LogP contribution is -2.36. The molecular weight excluding hydrogens is 268 g/mol. The first-order valence-corrected chi connectivity index (χ1v) is 7.73. The van der Waals surface area contributed by atoms with Crippen LogP contribution >= 0.6 is 0 Å². The van der Waals surface area contributed by atoms with E-state index in [2.05, 4.69) is 22.2 Å². The number of rotatable bonds is 8. The fourth-order valence-electron chi connectivity index (χ4n) is 2.08. The van der Waals surface area contributed by atoms with Crippen LogP contribution < -0.4 is 5.32 Å². The predicted molar refractivity (Wildman–Crippen MR) is 81.2 cm³/mol. The number of carbonyl (C=O) groups excluding carboxylic acids is 1. The Morgan fingerprint density at radius 2 is 2.00 bits per heavy atom. The predicted octanol–water partition coefficient (Wildman–Crippen LogP) is 2.37. The highest BCUT2D eigenvalue weighted by Crippen LogP contribution is 2.37. The molecule has 0 aromatic carbocycles. The Bertz CT molecular complexity index is 437. The molecular formula is C15H24N4O2. The monoisotopic (exact) mass is 292 g/mol. The van der Waals surface area contributed by atoms with Gasteiger partial charge >= 0.3 is 6.03 Å². The Balaban J connectivity index is 1.89. The second kappa shape index (κ2) is 7.93. The first kappa shape index (κ1) is 15.7. The van der Waals surface area contributed by atoms with Gasteiger partial charge in [0.05, 0.1) is 18.1 Å². The van der Waals surface area contributed by atoms with E-state index in [1.165, 1.54) is 0 Å². The van der Waals surface area contributed by atoms with Crippen LogP contribution in [0, 0.1) is 0 Å². The van der Waals surface area contributed by atoms with Crippen molar-refractivity contribution >= 4 is 11.7 Å². The lowest BCUT2D eigenvalue weighted by molar-refractivity contribution is 0.201. The van der Waals surface area contributed by atoms with Gasteiger partial charge in [-0.3, -0.25) is 0 Å². The SMILES string of the molecule is CCCCN(CCCO)C(=O)Nc1cnc(C2CC2)nc1. The van der Waals surface area contributed by atoms with Crippen LogP contribution in [0.25, 0.3) is 0 Å². The summed E-state index contributed by atoms with van der Waals surface area (Å²) in [5, 5.41) is 11.7. The molecule has 6 nitrogen and oxygen atoms in total. The number of amides is 2. The molecule has 1 saturated carbocycles. The van der Waals surface area contributed by atoms with Crippen LogP contribution in [0.2, 0.25) is 0 Å². The molecule has 2 amide bonds. The zero-order chi connectivity index (χ0) is 15.1. The van der Waals surface area contributed by atoms with Crippen molar-refractivity contribution in [1.29, 1.82) is 0 Å². The second-order valence-electron chi connectivity index (χ2n) is 5.45. The summed E-state index contributed by atoms with van der Waals surface area (Å²) in [6, 6.07) is -0.153. The summed E-state index contributed by atoms with van der Waals surface area (Å²) < 4.78 is 0. The van der Waals surface area contributed by atoms with E-state index in [-0.39, 0.29) is 12.6 Å². The number of aliphatic hydroxyl groups excluding tert-OH is 1. The van der Waals surface area contributed by atoms with Gasteiger partial charge in [0.25, 0.3) is 0 Å². The van der Waals surface area contributed by atoms with E-state index in [0.29, 0.717) is 31.1 Å². The maximum Gasteiger partial charge on any atom is 0.321 e. The van der Waals surface area contributed by atoms with Gasteiger partial charge in [0, 0.05) is 25.6 Å². The smallest absolute Gasteiger partial charge is 0.321 e. The third-order valence-corrected chi connectivity index (χ3v) is 3.52. The zero-order valence-corrected chi connectivity index (χ0v) is 12.6. The van der Waals surface area contributed by atoms with Crippen molar-refractivity contribution in [3.8, 4) is 0 Å². The molecule has 0 bridgehead atoms. The molecule has 1 heterocycles. The normalized spacial score (nSPS) is 14.0. The average Bonchev–Trinajstić information content (AvgIpc) is 3.33. The Morgan fingerprint density at radius 1 is 1.33 bits per heavy atom. The topological polar surface area (TPSA) is 78.4 Å². The summed E-state index contributed by atoms with van der Waals surface area (Å²) in [7, 11) is 0. The molecule has 0 aliphatic heterocycles. The fraction of sp³-hybridized carbons (Fsp3) is 0.667. The van der Waals surface area contributed by atoms with Crippen molar-refractivity contribution in [2.24, 2.45) is 0 Å². The van der Waals surface area contributed by atoms with Crippen molar-refractivity contribution < 1.29 is 9.90 Å². The molecule has 2 rings (SSSR count). The van der Waals surface area contributed by atoms with Gasteiger partial charge in [-0.25, -0.2) is 14.8 Å². The number of hydrogen-bond donors (Lipinski definition) is 2. The lowest BCUT2D eigenvalue weighted by Gasteiger charge is -2.22. The van der Waals surface area contributed by atoms with Crippen LogP contribution in [-0.2, 0) is 0 Å². The number of nitrogens with one attached hydrogen (secondary N) is 1. The van der Waals surface area contributed by atoms with Gasteiger partial charge < -0.3 is 15.3 Å². The van der Waals surface area contributed by atoms with Crippen LogP contribution in [0.3, 0.4) is 0 Å². The molecule has 0 unspecified atom stereocenters. The minimum absolute atomic E-state index is 0.0924. The first-order chi connectivity index (χ1) is 10.2. The van der Waals surface area contributed by atoms with Crippen molar-refractivity contribution in [1.82, 2.24) is 14.9 Å². The van der Waals surface area contributed by atoms with E-state index in [9.17, 15) is 4.79 Å². The minimum Gasteiger partial charge on any atom is -0.396 e. The van der Waals surface area contributed by atoms with Gasteiger partial charge in [0.2, 0.25) is 0 Å². The number of anilines is 1. The van der Waals surface area contributed by atoms with Crippen LogP contribution in [0.5, 0.6) is 0 Å². The third kappa shape index (κ3) is 4.97.